The fraction of sp³-hybridized carbons (Fsp3) is 0.667. The molecule has 0 bridgehead atoms. The van der Waals surface area contributed by atoms with Crippen molar-refractivity contribution in [3.63, 3.8) is 0 Å². The number of carbonyl (C=O) groups excluding carboxylic acids is 2. The van der Waals surface area contributed by atoms with Gasteiger partial charge in [-0.1, -0.05) is 6.07 Å². The molecule has 4 rings (SSSR count). The van der Waals surface area contributed by atoms with Crippen molar-refractivity contribution in [3.8, 4) is 0 Å². The minimum Gasteiger partial charge on any atom is -0.381 e. The molecule has 1 unspecified atom stereocenters. The lowest BCUT2D eigenvalue weighted by Crippen LogP contribution is -2.55. The maximum Gasteiger partial charge on any atom is 0.225 e. The Balaban J connectivity index is 1.43. The van der Waals surface area contributed by atoms with E-state index in [1.165, 1.54) is 0 Å². The molecule has 146 valence electrons. The number of hydrogen-bond donors (Lipinski definition) is 0. The van der Waals surface area contributed by atoms with Crippen molar-refractivity contribution in [2.75, 3.05) is 32.8 Å². The van der Waals surface area contributed by atoms with Gasteiger partial charge in [0.15, 0.2) is 0 Å². The van der Waals surface area contributed by atoms with Crippen LogP contribution in [0.3, 0.4) is 0 Å². The summed E-state index contributed by atoms with van der Waals surface area (Å²) in [5.74, 6) is 0.635. The zero-order chi connectivity index (χ0) is 18.7. The molecule has 0 radical (unpaired) electrons. The first kappa shape index (κ1) is 18.4. The zero-order valence-electron chi connectivity index (χ0n) is 15.9. The summed E-state index contributed by atoms with van der Waals surface area (Å²) < 4.78 is 5.41. The zero-order valence-corrected chi connectivity index (χ0v) is 15.9. The molecule has 1 atom stereocenters. The minimum atomic E-state index is 0.0508. The van der Waals surface area contributed by atoms with Crippen molar-refractivity contribution in [1.29, 1.82) is 0 Å². The van der Waals surface area contributed by atoms with Gasteiger partial charge in [-0.25, -0.2) is 0 Å². The summed E-state index contributed by atoms with van der Waals surface area (Å²) in [5, 5.41) is 0. The molecule has 3 saturated heterocycles. The molecule has 2 amide bonds. The van der Waals surface area contributed by atoms with Crippen molar-refractivity contribution in [1.82, 2.24) is 14.8 Å². The lowest BCUT2D eigenvalue weighted by Gasteiger charge is -2.49. The van der Waals surface area contributed by atoms with Crippen LogP contribution in [0.1, 0.15) is 44.1 Å². The van der Waals surface area contributed by atoms with E-state index in [1.807, 2.05) is 23.2 Å². The van der Waals surface area contributed by atoms with Crippen molar-refractivity contribution < 1.29 is 14.3 Å². The van der Waals surface area contributed by atoms with Gasteiger partial charge < -0.3 is 14.5 Å². The number of amides is 2. The fourth-order valence-corrected chi connectivity index (χ4v) is 4.89. The monoisotopic (exact) mass is 371 g/mol. The standard InChI is InChI=1S/C21H29N3O3/c25-19-4-8-21(16-24(19)14-17-3-1-9-22-13-17)7-2-10-23(15-21)20(26)18-5-11-27-12-6-18/h1,3,9,13,18H,2,4-8,10-12,14-16H2. The highest BCUT2D eigenvalue weighted by Gasteiger charge is 2.43. The molecule has 1 aromatic heterocycles. The first-order chi connectivity index (χ1) is 13.2. The minimum absolute atomic E-state index is 0.0508. The van der Waals surface area contributed by atoms with Crippen LogP contribution in [0, 0.1) is 11.3 Å². The van der Waals surface area contributed by atoms with Crippen LogP contribution < -0.4 is 0 Å². The number of carbonyl (C=O) groups is 2. The first-order valence-electron chi connectivity index (χ1n) is 10.2. The van der Waals surface area contributed by atoms with Gasteiger partial charge in [0, 0.05) is 69.5 Å². The van der Waals surface area contributed by atoms with Gasteiger partial charge in [0.1, 0.15) is 0 Å². The van der Waals surface area contributed by atoms with E-state index in [-0.39, 0.29) is 17.2 Å². The Labute approximate surface area is 160 Å². The van der Waals surface area contributed by atoms with Crippen LogP contribution in [-0.4, -0.2) is 59.4 Å². The van der Waals surface area contributed by atoms with Gasteiger partial charge in [-0.2, -0.15) is 0 Å². The van der Waals surface area contributed by atoms with Gasteiger partial charge in [0.25, 0.3) is 0 Å². The molecular weight excluding hydrogens is 342 g/mol. The van der Waals surface area contributed by atoms with Crippen LogP contribution in [0.25, 0.3) is 0 Å². The average Bonchev–Trinajstić information content (AvgIpc) is 2.72. The lowest BCUT2D eigenvalue weighted by atomic mass is 9.73. The summed E-state index contributed by atoms with van der Waals surface area (Å²) in [6.07, 6.45) is 8.88. The van der Waals surface area contributed by atoms with E-state index < -0.39 is 0 Å². The van der Waals surface area contributed by atoms with Crippen molar-refractivity contribution >= 4 is 11.8 Å². The number of pyridine rings is 1. The molecule has 0 N–H and O–H groups in total. The highest BCUT2D eigenvalue weighted by Crippen LogP contribution is 2.40. The second kappa shape index (κ2) is 7.97. The maximum atomic E-state index is 13.0. The molecular formula is C21H29N3O3. The molecule has 4 heterocycles. The van der Waals surface area contributed by atoms with Crippen LogP contribution in [0.15, 0.2) is 24.5 Å². The summed E-state index contributed by atoms with van der Waals surface area (Å²) in [6, 6.07) is 3.93. The predicted molar refractivity (Wildman–Crippen MR) is 101 cm³/mol. The van der Waals surface area contributed by atoms with Gasteiger partial charge in [-0.05, 0) is 43.7 Å². The van der Waals surface area contributed by atoms with Crippen LogP contribution in [0.2, 0.25) is 0 Å². The predicted octanol–water partition coefficient (Wildman–Crippen LogP) is 2.24. The second-order valence-electron chi connectivity index (χ2n) is 8.36. The molecule has 1 aromatic rings. The molecule has 0 aliphatic carbocycles. The van der Waals surface area contributed by atoms with Gasteiger partial charge in [0.05, 0.1) is 0 Å². The highest BCUT2D eigenvalue weighted by molar-refractivity contribution is 5.79. The molecule has 6 nitrogen and oxygen atoms in total. The molecule has 3 aliphatic heterocycles. The number of rotatable bonds is 3. The average molecular weight is 371 g/mol. The number of piperidine rings is 2. The smallest absolute Gasteiger partial charge is 0.225 e. The Morgan fingerprint density at radius 2 is 2.11 bits per heavy atom. The van der Waals surface area contributed by atoms with Crippen molar-refractivity contribution in [2.45, 2.75) is 45.1 Å². The number of hydrogen-bond acceptors (Lipinski definition) is 4. The normalized spacial score (nSPS) is 27.2. The van der Waals surface area contributed by atoms with E-state index in [0.717, 1.165) is 57.3 Å². The first-order valence-corrected chi connectivity index (χ1v) is 10.2. The Hall–Kier alpha value is -1.95. The van der Waals surface area contributed by atoms with E-state index in [1.54, 1.807) is 6.20 Å². The SMILES string of the molecule is O=C1CCC2(CCCN(C(=O)C3CCOCC3)C2)CN1Cc1cccnc1. The third-order valence-electron chi connectivity index (χ3n) is 6.39. The summed E-state index contributed by atoms with van der Waals surface area (Å²) in [6.45, 7) is 4.40. The third-order valence-corrected chi connectivity index (χ3v) is 6.39. The van der Waals surface area contributed by atoms with Crippen LogP contribution in [0.4, 0.5) is 0 Å². The molecule has 27 heavy (non-hydrogen) atoms. The molecule has 3 aliphatic rings. The number of aromatic nitrogens is 1. The number of ether oxygens (including phenoxy) is 1. The van der Waals surface area contributed by atoms with E-state index in [9.17, 15) is 9.59 Å². The van der Waals surface area contributed by atoms with E-state index in [0.29, 0.717) is 32.1 Å². The summed E-state index contributed by atoms with van der Waals surface area (Å²) in [4.78, 5) is 33.7. The van der Waals surface area contributed by atoms with Gasteiger partial charge in [-0.3, -0.25) is 14.6 Å². The molecule has 0 aromatic carbocycles. The Morgan fingerprint density at radius 1 is 1.26 bits per heavy atom. The largest absolute Gasteiger partial charge is 0.381 e. The quantitative estimate of drug-likeness (QED) is 0.817. The van der Waals surface area contributed by atoms with Gasteiger partial charge in [-0.15, -0.1) is 0 Å². The van der Waals surface area contributed by atoms with E-state index in [4.69, 9.17) is 4.74 Å². The molecule has 3 fully saturated rings. The van der Waals surface area contributed by atoms with E-state index >= 15 is 0 Å². The summed E-state index contributed by atoms with van der Waals surface area (Å²) >= 11 is 0. The molecule has 0 saturated carbocycles. The van der Waals surface area contributed by atoms with Crippen molar-refractivity contribution in [2.24, 2.45) is 11.3 Å². The highest BCUT2D eigenvalue weighted by atomic mass is 16.5. The Kier molecular flexibility index (Phi) is 5.43. The lowest BCUT2D eigenvalue weighted by molar-refractivity contribution is -0.147. The van der Waals surface area contributed by atoms with Crippen LogP contribution in [-0.2, 0) is 20.9 Å². The summed E-state index contributed by atoms with van der Waals surface area (Å²) in [7, 11) is 0. The molecule has 6 heteroatoms. The number of nitrogens with zero attached hydrogens (tertiary/aromatic N) is 3. The fourth-order valence-electron chi connectivity index (χ4n) is 4.89. The van der Waals surface area contributed by atoms with Crippen LogP contribution >= 0.6 is 0 Å². The Bertz CT molecular complexity index is 675. The topological polar surface area (TPSA) is 62.7 Å². The van der Waals surface area contributed by atoms with E-state index in [2.05, 4.69) is 9.88 Å². The number of likely N-dealkylation sites (tertiary alicyclic amines) is 2. The van der Waals surface area contributed by atoms with Crippen LogP contribution in [0.5, 0.6) is 0 Å². The van der Waals surface area contributed by atoms with Gasteiger partial charge >= 0.3 is 0 Å². The summed E-state index contributed by atoms with van der Waals surface area (Å²) in [5.41, 5.74) is 1.11. The Morgan fingerprint density at radius 3 is 2.89 bits per heavy atom. The molecule has 1 spiro atoms. The second-order valence-corrected chi connectivity index (χ2v) is 8.36. The third kappa shape index (κ3) is 4.15. The van der Waals surface area contributed by atoms with Crippen molar-refractivity contribution in [3.05, 3.63) is 30.1 Å². The van der Waals surface area contributed by atoms with Gasteiger partial charge in [0.2, 0.25) is 11.8 Å². The maximum absolute atomic E-state index is 13.0.